The van der Waals surface area contributed by atoms with Crippen LogP contribution >= 0.6 is 0 Å². The van der Waals surface area contributed by atoms with E-state index in [-0.39, 0.29) is 18.2 Å². The Morgan fingerprint density at radius 2 is 1.79 bits per heavy atom. The van der Waals surface area contributed by atoms with Crippen molar-refractivity contribution < 1.29 is 24.2 Å². The van der Waals surface area contributed by atoms with E-state index in [9.17, 15) is 19.5 Å². The molecule has 3 rings (SSSR count). The molecule has 1 heterocycles. The van der Waals surface area contributed by atoms with E-state index in [0.717, 1.165) is 11.3 Å². The number of hydrogen-bond acceptors (Lipinski definition) is 6. The molecular formula is C25H31N3O5. The second-order valence-corrected chi connectivity index (χ2v) is 9.24. The van der Waals surface area contributed by atoms with Crippen molar-refractivity contribution in [3.05, 3.63) is 59.7 Å². The number of hydrogen-bond donors (Lipinski definition) is 3. The topological polar surface area (TPSA) is 122 Å². The van der Waals surface area contributed by atoms with E-state index in [1.165, 1.54) is 0 Å². The summed E-state index contributed by atoms with van der Waals surface area (Å²) >= 11 is 0. The summed E-state index contributed by atoms with van der Waals surface area (Å²) in [7, 11) is 0. The number of esters is 1. The minimum atomic E-state index is -0.770. The van der Waals surface area contributed by atoms with Gasteiger partial charge in [0, 0.05) is 17.9 Å². The Labute approximate surface area is 193 Å². The van der Waals surface area contributed by atoms with Crippen molar-refractivity contribution in [2.24, 2.45) is 5.73 Å². The van der Waals surface area contributed by atoms with Crippen LogP contribution in [0.5, 0.6) is 0 Å². The number of amides is 2. The predicted octanol–water partition coefficient (Wildman–Crippen LogP) is 2.64. The molecule has 0 aliphatic carbocycles. The van der Waals surface area contributed by atoms with Crippen molar-refractivity contribution >= 4 is 29.2 Å². The van der Waals surface area contributed by atoms with Gasteiger partial charge in [0.05, 0.1) is 24.1 Å². The number of nitrogens with two attached hydrogens (primary N) is 1. The minimum absolute atomic E-state index is 0.102. The molecular weight excluding hydrogens is 422 g/mol. The highest BCUT2D eigenvalue weighted by molar-refractivity contribution is 5.96. The monoisotopic (exact) mass is 453 g/mol. The van der Waals surface area contributed by atoms with Crippen molar-refractivity contribution in [1.82, 2.24) is 0 Å². The average Bonchev–Trinajstić information content (AvgIpc) is 2.74. The lowest BCUT2D eigenvalue weighted by Crippen LogP contribution is -2.40. The van der Waals surface area contributed by atoms with Gasteiger partial charge in [-0.2, -0.15) is 0 Å². The Hall–Kier alpha value is -3.23. The summed E-state index contributed by atoms with van der Waals surface area (Å²) in [5, 5.41) is 12.4. The number of aliphatic hydroxyl groups is 1. The maximum atomic E-state index is 12.5. The van der Waals surface area contributed by atoms with Gasteiger partial charge in [-0.15, -0.1) is 0 Å². The van der Waals surface area contributed by atoms with Crippen LogP contribution in [0, 0.1) is 0 Å². The van der Waals surface area contributed by atoms with E-state index in [4.69, 9.17) is 10.5 Å². The molecule has 1 aliphatic heterocycles. The molecule has 8 heteroatoms. The largest absolute Gasteiger partial charge is 0.456 e. The Balaban J connectivity index is 1.54. The minimum Gasteiger partial charge on any atom is -0.456 e. The van der Waals surface area contributed by atoms with Crippen LogP contribution in [0.15, 0.2) is 48.5 Å². The van der Waals surface area contributed by atoms with E-state index in [0.29, 0.717) is 30.6 Å². The zero-order valence-corrected chi connectivity index (χ0v) is 19.2. The van der Waals surface area contributed by atoms with E-state index in [1.807, 2.05) is 24.3 Å². The molecule has 0 saturated carbocycles. The molecule has 0 bridgehead atoms. The van der Waals surface area contributed by atoms with Crippen LogP contribution in [0.1, 0.15) is 49.5 Å². The molecule has 1 aliphatic rings. The van der Waals surface area contributed by atoms with Crippen molar-refractivity contribution in [3.63, 3.8) is 0 Å². The van der Waals surface area contributed by atoms with Gasteiger partial charge < -0.3 is 25.8 Å². The first-order chi connectivity index (χ1) is 15.5. The molecule has 2 amide bonds. The number of carbonyl (C=O) groups is 3. The summed E-state index contributed by atoms with van der Waals surface area (Å²) in [6, 6.07) is 13.0. The number of anilines is 2. The third kappa shape index (κ3) is 6.87. The highest BCUT2D eigenvalue weighted by Crippen LogP contribution is 2.22. The van der Waals surface area contributed by atoms with Gasteiger partial charge in [-0.25, -0.2) is 4.79 Å². The summed E-state index contributed by atoms with van der Waals surface area (Å²) in [5.41, 5.74) is 8.06. The summed E-state index contributed by atoms with van der Waals surface area (Å²) in [5.74, 6) is -0.873. The quantitative estimate of drug-likeness (QED) is 0.578. The van der Waals surface area contributed by atoms with Gasteiger partial charge in [0.15, 0.2) is 0 Å². The Bertz CT molecular complexity index is 996. The van der Waals surface area contributed by atoms with Crippen molar-refractivity contribution in [1.29, 1.82) is 0 Å². The summed E-state index contributed by atoms with van der Waals surface area (Å²) < 4.78 is 5.33. The van der Waals surface area contributed by atoms with Crippen LogP contribution < -0.4 is 16.0 Å². The summed E-state index contributed by atoms with van der Waals surface area (Å²) in [6.45, 7) is 5.88. The maximum Gasteiger partial charge on any atom is 0.338 e. The first-order valence-corrected chi connectivity index (χ1v) is 11.0. The van der Waals surface area contributed by atoms with Crippen molar-refractivity contribution in [3.8, 4) is 0 Å². The van der Waals surface area contributed by atoms with Crippen LogP contribution in [0.2, 0.25) is 0 Å². The van der Waals surface area contributed by atoms with Crippen LogP contribution in [-0.2, 0) is 20.7 Å². The first-order valence-electron chi connectivity index (χ1n) is 11.0. The van der Waals surface area contributed by atoms with Gasteiger partial charge in [0.2, 0.25) is 11.8 Å². The predicted molar refractivity (Wildman–Crippen MR) is 126 cm³/mol. The highest BCUT2D eigenvalue weighted by atomic mass is 16.6. The standard InChI is InChI=1S/C25H31N3O5/c1-25(2,3)33-24(32)17-6-8-18(9-7-17)27-23(31)21(26)14-16-4-10-19(11-5-16)28-13-12-20(29)15-22(28)30/h4-11,20-21,29H,12-15,26H2,1-3H3,(H,27,31)/t20-,21-/m0/s1. The first kappa shape index (κ1) is 24.4. The number of aliphatic hydroxyl groups excluding tert-OH is 1. The lowest BCUT2D eigenvalue weighted by molar-refractivity contribution is -0.122. The fourth-order valence-electron chi connectivity index (χ4n) is 3.51. The van der Waals surface area contributed by atoms with Crippen LogP contribution in [0.4, 0.5) is 11.4 Å². The molecule has 0 radical (unpaired) electrons. The number of nitrogens with zero attached hydrogens (tertiary/aromatic N) is 1. The van der Waals surface area contributed by atoms with Crippen molar-refractivity contribution in [2.45, 2.75) is 57.8 Å². The number of nitrogens with one attached hydrogen (secondary N) is 1. The van der Waals surface area contributed by atoms with E-state index in [1.54, 1.807) is 49.9 Å². The van der Waals surface area contributed by atoms with E-state index in [2.05, 4.69) is 5.32 Å². The summed E-state index contributed by atoms with van der Waals surface area (Å²) in [6.07, 6.45) is 0.440. The zero-order valence-electron chi connectivity index (χ0n) is 19.2. The summed E-state index contributed by atoms with van der Waals surface area (Å²) in [4.78, 5) is 38.4. The van der Waals surface area contributed by atoms with Gasteiger partial charge in [0.25, 0.3) is 0 Å². The molecule has 0 aromatic heterocycles. The fourth-order valence-corrected chi connectivity index (χ4v) is 3.51. The Kier molecular flexibility index (Phi) is 7.50. The third-order valence-corrected chi connectivity index (χ3v) is 5.22. The second-order valence-electron chi connectivity index (χ2n) is 9.24. The molecule has 2 aromatic carbocycles. The SMILES string of the molecule is CC(C)(C)OC(=O)c1ccc(NC(=O)[C@@H](N)Cc2ccc(N3CC[C@H](O)CC3=O)cc2)cc1. The number of rotatable bonds is 6. The average molecular weight is 454 g/mol. The number of ether oxygens (including phenoxy) is 1. The normalized spacial score (nSPS) is 17.4. The molecule has 1 fully saturated rings. The number of benzene rings is 2. The van der Waals surface area contributed by atoms with Crippen molar-refractivity contribution in [2.75, 3.05) is 16.8 Å². The van der Waals surface area contributed by atoms with Gasteiger partial charge in [-0.05, 0) is 75.6 Å². The smallest absolute Gasteiger partial charge is 0.338 e. The van der Waals surface area contributed by atoms with Crippen LogP contribution in [-0.4, -0.2) is 47.2 Å². The zero-order chi connectivity index (χ0) is 24.2. The molecule has 1 saturated heterocycles. The van der Waals surface area contributed by atoms with E-state index >= 15 is 0 Å². The Morgan fingerprint density at radius 1 is 1.15 bits per heavy atom. The molecule has 0 unspecified atom stereocenters. The van der Waals surface area contributed by atoms with Crippen LogP contribution in [0.3, 0.4) is 0 Å². The van der Waals surface area contributed by atoms with E-state index < -0.39 is 23.7 Å². The fraction of sp³-hybridized carbons (Fsp3) is 0.400. The van der Waals surface area contributed by atoms with Gasteiger partial charge >= 0.3 is 5.97 Å². The molecule has 8 nitrogen and oxygen atoms in total. The highest BCUT2D eigenvalue weighted by Gasteiger charge is 2.25. The molecule has 33 heavy (non-hydrogen) atoms. The third-order valence-electron chi connectivity index (χ3n) is 5.22. The van der Waals surface area contributed by atoms with Crippen LogP contribution in [0.25, 0.3) is 0 Å². The lowest BCUT2D eigenvalue weighted by Gasteiger charge is -2.29. The lowest BCUT2D eigenvalue weighted by atomic mass is 10.0. The molecule has 2 atom stereocenters. The van der Waals surface area contributed by atoms with Gasteiger partial charge in [0.1, 0.15) is 5.60 Å². The molecule has 176 valence electrons. The van der Waals surface area contributed by atoms with Gasteiger partial charge in [-0.3, -0.25) is 9.59 Å². The molecule has 2 aromatic rings. The molecule has 4 N–H and O–H groups in total. The number of piperidine rings is 1. The maximum absolute atomic E-state index is 12.5. The second kappa shape index (κ2) is 10.1. The van der Waals surface area contributed by atoms with Gasteiger partial charge in [-0.1, -0.05) is 12.1 Å². The molecule has 0 spiro atoms. The Morgan fingerprint density at radius 3 is 2.36 bits per heavy atom. The number of carbonyl (C=O) groups excluding carboxylic acids is 3.